The van der Waals surface area contributed by atoms with Crippen LogP contribution in [0.2, 0.25) is 0 Å². The average Bonchev–Trinajstić information content (AvgIpc) is 3.04. The van der Waals surface area contributed by atoms with E-state index in [9.17, 15) is 0 Å². The summed E-state index contributed by atoms with van der Waals surface area (Å²) in [5.74, 6) is 1.94. The largest absolute Gasteiger partial charge is 0.488 e. The lowest BCUT2D eigenvalue weighted by Gasteiger charge is -2.22. The minimum atomic E-state index is 0.105. The van der Waals surface area contributed by atoms with E-state index in [4.69, 9.17) is 9.15 Å². The molecular formula is C15H17NO2. The second-order valence-corrected chi connectivity index (χ2v) is 4.52. The van der Waals surface area contributed by atoms with Gasteiger partial charge in [-0.3, -0.25) is 0 Å². The number of furan rings is 1. The van der Waals surface area contributed by atoms with E-state index >= 15 is 0 Å². The molecule has 0 amide bonds. The molecule has 3 rings (SSSR count). The molecule has 0 aliphatic carbocycles. The van der Waals surface area contributed by atoms with E-state index in [1.807, 2.05) is 24.3 Å². The van der Waals surface area contributed by atoms with Gasteiger partial charge in [0.05, 0.1) is 6.26 Å². The lowest BCUT2D eigenvalue weighted by atomic mass is 10.0. The van der Waals surface area contributed by atoms with Gasteiger partial charge >= 0.3 is 0 Å². The zero-order valence-electron chi connectivity index (χ0n) is 10.4. The highest BCUT2D eigenvalue weighted by atomic mass is 16.5. The smallest absolute Gasteiger partial charge is 0.125 e. The van der Waals surface area contributed by atoms with Crippen LogP contribution < -0.4 is 10.1 Å². The first-order valence-corrected chi connectivity index (χ1v) is 6.40. The Morgan fingerprint density at radius 3 is 2.89 bits per heavy atom. The van der Waals surface area contributed by atoms with Gasteiger partial charge in [0.15, 0.2) is 0 Å². The standard InChI is InChI=1S/C15H17NO2/c1-2-16-15(13-8-5-9-17-13)14-10-11-6-3-4-7-12(11)18-14/h3-9,14-16H,2,10H2,1H3. The lowest BCUT2D eigenvalue weighted by molar-refractivity contribution is 0.165. The summed E-state index contributed by atoms with van der Waals surface area (Å²) in [7, 11) is 0. The monoisotopic (exact) mass is 243 g/mol. The van der Waals surface area contributed by atoms with Crippen molar-refractivity contribution in [1.82, 2.24) is 5.32 Å². The number of rotatable bonds is 4. The molecule has 2 heterocycles. The molecule has 3 heteroatoms. The summed E-state index contributed by atoms with van der Waals surface area (Å²) in [6.07, 6.45) is 2.74. The van der Waals surface area contributed by atoms with Gasteiger partial charge in [-0.1, -0.05) is 25.1 Å². The Bertz CT molecular complexity index is 482. The van der Waals surface area contributed by atoms with E-state index in [-0.39, 0.29) is 12.1 Å². The highest BCUT2D eigenvalue weighted by molar-refractivity contribution is 5.38. The molecule has 1 aromatic heterocycles. The fourth-order valence-corrected chi connectivity index (χ4v) is 2.50. The molecule has 94 valence electrons. The third-order valence-corrected chi connectivity index (χ3v) is 3.32. The number of ether oxygens (including phenoxy) is 1. The molecule has 0 bridgehead atoms. The predicted molar refractivity (Wildman–Crippen MR) is 69.7 cm³/mol. The SMILES string of the molecule is CCNC(c1ccco1)C1Cc2ccccc2O1. The molecule has 0 radical (unpaired) electrons. The summed E-state index contributed by atoms with van der Waals surface area (Å²) in [6, 6.07) is 12.2. The molecular weight excluding hydrogens is 226 g/mol. The molecule has 2 unspecified atom stereocenters. The highest BCUT2D eigenvalue weighted by Gasteiger charge is 2.32. The van der Waals surface area contributed by atoms with Gasteiger partial charge in [0.1, 0.15) is 23.7 Å². The van der Waals surface area contributed by atoms with Crippen LogP contribution >= 0.6 is 0 Å². The van der Waals surface area contributed by atoms with Gasteiger partial charge in [-0.2, -0.15) is 0 Å². The van der Waals surface area contributed by atoms with Crippen molar-refractivity contribution < 1.29 is 9.15 Å². The summed E-state index contributed by atoms with van der Waals surface area (Å²) in [5, 5.41) is 3.44. The van der Waals surface area contributed by atoms with E-state index in [0.29, 0.717) is 0 Å². The number of para-hydroxylation sites is 1. The Morgan fingerprint density at radius 1 is 1.28 bits per heavy atom. The van der Waals surface area contributed by atoms with Gasteiger partial charge in [-0.05, 0) is 30.3 Å². The molecule has 1 aliphatic heterocycles. The maximum atomic E-state index is 6.02. The van der Waals surface area contributed by atoms with Crippen molar-refractivity contribution in [3.8, 4) is 5.75 Å². The second kappa shape index (κ2) is 4.86. The third kappa shape index (κ3) is 2.02. The van der Waals surface area contributed by atoms with E-state index < -0.39 is 0 Å². The van der Waals surface area contributed by atoms with Gasteiger partial charge < -0.3 is 14.5 Å². The van der Waals surface area contributed by atoms with Crippen molar-refractivity contribution in [3.63, 3.8) is 0 Å². The fraction of sp³-hybridized carbons (Fsp3) is 0.333. The Morgan fingerprint density at radius 2 is 2.17 bits per heavy atom. The molecule has 0 saturated heterocycles. The Labute approximate surface area is 107 Å². The van der Waals surface area contributed by atoms with Gasteiger partial charge in [0, 0.05) is 6.42 Å². The van der Waals surface area contributed by atoms with Crippen LogP contribution in [0.1, 0.15) is 24.3 Å². The second-order valence-electron chi connectivity index (χ2n) is 4.52. The molecule has 1 N–H and O–H groups in total. The van der Waals surface area contributed by atoms with Crippen molar-refractivity contribution in [3.05, 3.63) is 54.0 Å². The molecule has 2 atom stereocenters. The third-order valence-electron chi connectivity index (χ3n) is 3.32. The predicted octanol–water partition coefficient (Wildman–Crippen LogP) is 2.93. The number of fused-ring (bicyclic) bond motifs is 1. The van der Waals surface area contributed by atoms with Crippen LogP contribution in [-0.4, -0.2) is 12.6 Å². The number of hydrogen-bond acceptors (Lipinski definition) is 3. The number of benzene rings is 1. The van der Waals surface area contributed by atoms with E-state index in [2.05, 4.69) is 24.4 Å². The van der Waals surface area contributed by atoms with Crippen LogP contribution in [0.15, 0.2) is 47.1 Å². The van der Waals surface area contributed by atoms with E-state index in [1.165, 1.54) is 5.56 Å². The lowest BCUT2D eigenvalue weighted by Crippen LogP contribution is -2.34. The van der Waals surface area contributed by atoms with Crippen LogP contribution in [0.25, 0.3) is 0 Å². The molecule has 1 aromatic carbocycles. The first kappa shape index (κ1) is 11.4. The highest BCUT2D eigenvalue weighted by Crippen LogP contribution is 2.34. The van der Waals surface area contributed by atoms with Crippen LogP contribution in [0, 0.1) is 0 Å². The Balaban J connectivity index is 1.82. The molecule has 18 heavy (non-hydrogen) atoms. The molecule has 0 fully saturated rings. The summed E-state index contributed by atoms with van der Waals surface area (Å²) in [5.41, 5.74) is 1.27. The topological polar surface area (TPSA) is 34.4 Å². The van der Waals surface area contributed by atoms with Crippen LogP contribution in [-0.2, 0) is 6.42 Å². The van der Waals surface area contributed by atoms with Gasteiger partial charge in [-0.15, -0.1) is 0 Å². The molecule has 1 aliphatic rings. The fourth-order valence-electron chi connectivity index (χ4n) is 2.50. The minimum Gasteiger partial charge on any atom is -0.488 e. The molecule has 0 spiro atoms. The molecule has 0 saturated carbocycles. The Hall–Kier alpha value is -1.74. The van der Waals surface area contributed by atoms with Crippen LogP contribution in [0.4, 0.5) is 0 Å². The first-order chi connectivity index (χ1) is 8.88. The van der Waals surface area contributed by atoms with Crippen molar-refractivity contribution in [2.75, 3.05) is 6.54 Å². The van der Waals surface area contributed by atoms with Crippen LogP contribution in [0.3, 0.4) is 0 Å². The van der Waals surface area contributed by atoms with Crippen LogP contribution in [0.5, 0.6) is 5.75 Å². The number of hydrogen-bond donors (Lipinski definition) is 1. The van der Waals surface area contributed by atoms with Crippen molar-refractivity contribution in [2.45, 2.75) is 25.5 Å². The summed E-state index contributed by atoms with van der Waals surface area (Å²) in [4.78, 5) is 0. The molecule has 3 nitrogen and oxygen atoms in total. The number of nitrogens with one attached hydrogen (secondary N) is 1. The van der Waals surface area contributed by atoms with Gasteiger partial charge in [0.2, 0.25) is 0 Å². The summed E-state index contributed by atoms with van der Waals surface area (Å²) in [6.45, 7) is 2.99. The maximum Gasteiger partial charge on any atom is 0.125 e. The summed E-state index contributed by atoms with van der Waals surface area (Å²) < 4.78 is 11.5. The number of likely N-dealkylation sites (N-methyl/N-ethyl adjacent to an activating group) is 1. The van der Waals surface area contributed by atoms with Crippen molar-refractivity contribution in [2.24, 2.45) is 0 Å². The van der Waals surface area contributed by atoms with Gasteiger partial charge in [0.25, 0.3) is 0 Å². The van der Waals surface area contributed by atoms with Gasteiger partial charge in [-0.25, -0.2) is 0 Å². The van der Waals surface area contributed by atoms with E-state index in [0.717, 1.165) is 24.5 Å². The Kier molecular flexibility index (Phi) is 3.07. The zero-order valence-corrected chi connectivity index (χ0v) is 10.4. The quantitative estimate of drug-likeness (QED) is 0.896. The molecule has 2 aromatic rings. The van der Waals surface area contributed by atoms with Crippen molar-refractivity contribution in [1.29, 1.82) is 0 Å². The zero-order chi connectivity index (χ0) is 12.4. The normalized spacial score (nSPS) is 19.3. The average molecular weight is 243 g/mol. The maximum absolute atomic E-state index is 6.02. The first-order valence-electron chi connectivity index (χ1n) is 6.40. The van der Waals surface area contributed by atoms with Crippen molar-refractivity contribution >= 4 is 0 Å². The minimum absolute atomic E-state index is 0.105. The summed E-state index contributed by atoms with van der Waals surface area (Å²) >= 11 is 0. The van der Waals surface area contributed by atoms with E-state index in [1.54, 1.807) is 6.26 Å².